The average Bonchev–Trinajstić information content (AvgIpc) is 2.34. The van der Waals surface area contributed by atoms with Crippen molar-refractivity contribution in [1.29, 1.82) is 0 Å². The van der Waals surface area contributed by atoms with Gasteiger partial charge >= 0.3 is 12.1 Å². The van der Waals surface area contributed by atoms with E-state index in [4.69, 9.17) is 4.74 Å². The number of nitrogens with zero attached hydrogens (tertiary/aromatic N) is 1. The number of carbonyl (C=O) groups is 2. The number of carboxylic acid groups (broad SMARTS) is 1. The van der Waals surface area contributed by atoms with Crippen LogP contribution in [0.2, 0.25) is 0 Å². The highest BCUT2D eigenvalue weighted by molar-refractivity contribution is 9.10. The molecule has 2 rings (SSSR count). The van der Waals surface area contributed by atoms with Gasteiger partial charge in [0.05, 0.1) is 5.92 Å². The molecular weight excluding hydrogens is 338 g/mol. The van der Waals surface area contributed by atoms with Gasteiger partial charge in [-0.2, -0.15) is 0 Å². The Balaban J connectivity index is 2.29. The molecule has 1 unspecified atom stereocenters. The topological polar surface area (TPSA) is 66.8 Å². The molecule has 0 saturated heterocycles. The number of rotatable bonds is 1. The predicted molar refractivity (Wildman–Crippen MR) is 81.2 cm³/mol. The van der Waals surface area contributed by atoms with Crippen molar-refractivity contribution < 1.29 is 19.4 Å². The van der Waals surface area contributed by atoms with Crippen LogP contribution in [0, 0.1) is 0 Å². The lowest BCUT2D eigenvalue weighted by molar-refractivity contribution is -0.139. The van der Waals surface area contributed by atoms with Crippen LogP contribution in [0.3, 0.4) is 0 Å². The fourth-order valence-electron chi connectivity index (χ4n) is 2.32. The molecule has 1 atom stereocenters. The number of carboxylic acids is 1. The van der Waals surface area contributed by atoms with Crippen LogP contribution >= 0.6 is 15.9 Å². The van der Waals surface area contributed by atoms with Gasteiger partial charge in [-0.3, -0.25) is 4.79 Å². The highest BCUT2D eigenvalue weighted by Gasteiger charge is 2.34. The van der Waals surface area contributed by atoms with Gasteiger partial charge in [0, 0.05) is 17.6 Å². The molecule has 0 fully saturated rings. The van der Waals surface area contributed by atoms with Crippen LogP contribution in [0.4, 0.5) is 4.79 Å². The Hall–Kier alpha value is -1.56. The van der Waals surface area contributed by atoms with E-state index in [-0.39, 0.29) is 6.54 Å². The van der Waals surface area contributed by atoms with Crippen molar-refractivity contribution in [2.24, 2.45) is 0 Å². The molecule has 0 saturated carbocycles. The second-order valence-electron chi connectivity index (χ2n) is 6.09. The van der Waals surface area contributed by atoms with Crippen molar-refractivity contribution in [1.82, 2.24) is 4.90 Å². The first-order chi connectivity index (χ1) is 9.67. The summed E-state index contributed by atoms with van der Waals surface area (Å²) in [6.07, 6.45) is -0.487. The first-order valence-corrected chi connectivity index (χ1v) is 7.46. The summed E-state index contributed by atoms with van der Waals surface area (Å²) >= 11 is 3.37. The number of carbonyl (C=O) groups excluding carboxylic acids is 1. The summed E-state index contributed by atoms with van der Waals surface area (Å²) in [4.78, 5) is 25.1. The Morgan fingerprint density at radius 2 is 2.05 bits per heavy atom. The van der Waals surface area contributed by atoms with Gasteiger partial charge in [-0.05, 0) is 44.0 Å². The van der Waals surface area contributed by atoms with Crippen LogP contribution in [-0.4, -0.2) is 34.2 Å². The fraction of sp³-hybridized carbons (Fsp3) is 0.467. The summed E-state index contributed by atoms with van der Waals surface area (Å²) in [5.41, 5.74) is 0.979. The van der Waals surface area contributed by atoms with Crippen molar-refractivity contribution in [3.05, 3.63) is 33.8 Å². The van der Waals surface area contributed by atoms with Crippen molar-refractivity contribution in [2.75, 3.05) is 6.54 Å². The zero-order valence-corrected chi connectivity index (χ0v) is 13.8. The van der Waals surface area contributed by atoms with Gasteiger partial charge in [0.15, 0.2) is 0 Å². The molecule has 5 nitrogen and oxygen atoms in total. The van der Waals surface area contributed by atoms with Gasteiger partial charge in [0.2, 0.25) is 0 Å². The Morgan fingerprint density at radius 3 is 2.62 bits per heavy atom. The fourth-order valence-corrected chi connectivity index (χ4v) is 2.73. The maximum atomic E-state index is 12.2. The van der Waals surface area contributed by atoms with Crippen LogP contribution in [0.25, 0.3) is 0 Å². The molecule has 1 N–H and O–H groups in total. The van der Waals surface area contributed by atoms with Crippen molar-refractivity contribution in [3.8, 4) is 0 Å². The second-order valence-corrected chi connectivity index (χ2v) is 7.01. The Morgan fingerprint density at radius 1 is 1.38 bits per heavy atom. The SMILES string of the molecule is CC(C)(C)OC(=O)N1Cc2cc(Br)ccc2C(C(=O)O)C1. The van der Waals surface area contributed by atoms with Crippen LogP contribution in [0.5, 0.6) is 0 Å². The summed E-state index contributed by atoms with van der Waals surface area (Å²) in [6.45, 7) is 5.84. The third-order valence-electron chi connectivity index (χ3n) is 3.19. The molecule has 1 heterocycles. The van der Waals surface area contributed by atoms with E-state index in [2.05, 4.69) is 15.9 Å². The van der Waals surface area contributed by atoms with E-state index in [0.29, 0.717) is 6.54 Å². The number of amides is 1. The molecule has 0 spiro atoms. The van der Waals surface area contributed by atoms with E-state index in [1.165, 1.54) is 4.90 Å². The van der Waals surface area contributed by atoms with Crippen LogP contribution in [-0.2, 0) is 16.1 Å². The molecule has 0 aliphatic carbocycles. The van der Waals surface area contributed by atoms with Crippen LogP contribution in [0.1, 0.15) is 37.8 Å². The van der Waals surface area contributed by atoms with Gasteiger partial charge in [0.25, 0.3) is 0 Å². The summed E-state index contributed by atoms with van der Waals surface area (Å²) < 4.78 is 6.19. The van der Waals surface area contributed by atoms with E-state index in [1.54, 1.807) is 26.8 Å². The van der Waals surface area contributed by atoms with Crippen LogP contribution in [0.15, 0.2) is 22.7 Å². The monoisotopic (exact) mass is 355 g/mol. The molecule has 1 aliphatic rings. The highest BCUT2D eigenvalue weighted by Crippen LogP contribution is 2.31. The Bertz CT molecular complexity index is 580. The lowest BCUT2D eigenvalue weighted by atomic mass is 9.90. The minimum atomic E-state index is -0.938. The number of ether oxygens (including phenoxy) is 1. The summed E-state index contributed by atoms with van der Waals surface area (Å²) in [5, 5.41) is 9.40. The van der Waals surface area contributed by atoms with Crippen molar-refractivity contribution in [2.45, 2.75) is 38.8 Å². The molecule has 114 valence electrons. The minimum Gasteiger partial charge on any atom is -0.481 e. The minimum absolute atomic E-state index is 0.124. The number of hydrogen-bond donors (Lipinski definition) is 1. The third-order valence-corrected chi connectivity index (χ3v) is 3.69. The zero-order valence-electron chi connectivity index (χ0n) is 12.2. The van der Waals surface area contributed by atoms with E-state index >= 15 is 0 Å². The lowest BCUT2D eigenvalue weighted by Crippen LogP contribution is -2.43. The highest BCUT2D eigenvalue weighted by atomic mass is 79.9. The average molecular weight is 356 g/mol. The zero-order chi connectivity index (χ0) is 15.8. The Kier molecular flexibility index (Phi) is 4.27. The molecule has 1 aliphatic heterocycles. The molecule has 1 aromatic carbocycles. The number of aliphatic carboxylic acids is 1. The van der Waals surface area contributed by atoms with Gasteiger partial charge in [-0.25, -0.2) is 4.79 Å². The second kappa shape index (κ2) is 5.67. The quantitative estimate of drug-likeness (QED) is 0.838. The van der Waals surface area contributed by atoms with E-state index in [0.717, 1.165) is 15.6 Å². The largest absolute Gasteiger partial charge is 0.481 e. The molecule has 0 radical (unpaired) electrons. The van der Waals surface area contributed by atoms with Crippen molar-refractivity contribution in [3.63, 3.8) is 0 Å². The molecule has 1 aromatic rings. The van der Waals surface area contributed by atoms with Gasteiger partial charge in [0.1, 0.15) is 5.60 Å². The predicted octanol–water partition coefficient (Wildman–Crippen LogP) is 3.37. The standard InChI is InChI=1S/C15H18BrNO4/c1-15(2,3)21-14(20)17-7-9-6-10(16)4-5-11(9)12(8-17)13(18)19/h4-6,12H,7-8H2,1-3H3,(H,18,19). The Labute approximate surface area is 132 Å². The summed E-state index contributed by atoms with van der Waals surface area (Å²) in [7, 11) is 0. The number of halogens is 1. The summed E-state index contributed by atoms with van der Waals surface area (Å²) in [6, 6.07) is 5.46. The molecule has 21 heavy (non-hydrogen) atoms. The smallest absolute Gasteiger partial charge is 0.410 e. The molecule has 0 aromatic heterocycles. The lowest BCUT2D eigenvalue weighted by Gasteiger charge is -2.34. The number of fused-ring (bicyclic) bond motifs is 1. The normalized spacial score (nSPS) is 18.1. The number of benzene rings is 1. The van der Waals surface area contributed by atoms with Gasteiger partial charge < -0.3 is 14.7 Å². The molecule has 0 bridgehead atoms. The molecule has 6 heteroatoms. The van der Waals surface area contributed by atoms with E-state index in [9.17, 15) is 14.7 Å². The van der Waals surface area contributed by atoms with Gasteiger partial charge in [-0.15, -0.1) is 0 Å². The third kappa shape index (κ3) is 3.75. The number of hydrogen-bond acceptors (Lipinski definition) is 3. The maximum Gasteiger partial charge on any atom is 0.410 e. The summed E-state index contributed by atoms with van der Waals surface area (Å²) in [5.74, 6) is -1.67. The first-order valence-electron chi connectivity index (χ1n) is 6.66. The maximum absolute atomic E-state index is 12.2. The van der Waals surface area contributed by atoms with Gasteiger partial charge in [-0.1, -0.05) is 22.0 Å². The molecule has 1 amide bonds. The van der Waals surface area contributed by atoms with Crippen molar-refractivity contribution >= 4 is 28.0 Å². The molecular formula is C15H18BrNO4. The van der Waals surface area contributed by atoms with E-state index < -0.39 is 23.6 Å². The van der Waals surface area contributed by atoms with Crippen LogP contribution < -0.4 is 0 Å². The first kappa shape index (κ1) is 15.8. The van der Waals surface area contributed by atoms with E-state index in [1.807, 2.05) is 12.1 Å².